The van der Waals surface area contributed by atoms with Crippen LogP contribution in [0.15, 0.2) is 0 Å². The Hall–Kier alpha value is -0.0800. The minimum Gasteiger partial charge on any atom is -0.375 e. The Bertz CT molecular complexity index is 199. The van der Waals surface area contributed by atoms with Crippen LogP contribution in [0.25, 0.3) is 0 Å². The summed E-state index contributed by atoms with van der Waals surface area (Å²) in [5, 5.41) is 0. The molecule has 0 amide bonds. The third-order valence-corrected chi connectivity index (χ3v) is 4.00. The minimum atomic E-state index is 0.372. The normalized spacial score (nSPS) is 45.6. The zero-order valence-electron chi connectivity index (χ0n) is 10.9. The van der Waals surface area contributed by atoms with E-state index >= 15 is 0 Å². The van der Waals surface area contributed by atoms with Gasteiger partial charge in [-0.2, -0.15) is 0 Å². The van der Waals surface area contributed by atoms with Crippen LogP contribution in [0.4, 0.5) is 0 Å². The van der Waals surface area contributed by atoms with Gasteiger partial charge in [0, 0.05) is 0 Å². The van der Waals surface area contributed by atoms with E-state index in [9.17, 15) is 0 Å². The molecule has 0 aromatic rings. The van der Waals surface area contributed by atoms with Gasteiger partial charge in [-0.05, 0) is 58.3 Å². The van der Waals surface area contributed by atoms with E-state index in [-0.39, 0.29) is 0 Å². The third-order valence-electron chi connectivity index (χ3n) is 4.00. The quantitative estimate of drug-likeness (QED) is 0.717. The highest BCUT2D eigenvalue weighted by molar-refractivity contribution is 4.77. The van der Waals surface area contributed by atoms with E-state index in [1.54, 1.807) is 0 Å². The molecule has 2 heteroatoms. The maximum atomic E-state index is 6.24. The van der Waals surface area contributed by atoms with E-state index in [1.807, 2.05) is 0 Å². The van der Waals surface area contributed by atoms with Gasteiger partial charge in [-0.25, -0.2) is 0 Å². The molecule has 2 rings (SSSR count). The summed E-state index contributed by atoms with van der Waals surface area (Å²) in [6, 6.07) is 0. The van der Waals surface area contributed by atoms with Crippen molar-refractivity contribution in [3.63, 3.8) is 0 Å². The van der Waals surface area contributed by atoms with E-state index in [2.05, 4.69) is 20.8 Å². The second kappa shape index (κ2) is 5.50. The molecule has 0 N–H and O–H groups in total. The molecule has 0 aromatic heterocycles. The summed E-state index contributed by atoms with van der Waals surface area (Å²) in [5.74, 6) is 0.910. The Morgan fingerprint density at radius 3 is 1.94 bits per heavy atom. The first kappa shape index (κ1) is 12.4. The number of ether oxygens (including phenoxy) is 2. The van der Waals surface area contributed by atoms with Crippen LogP contribution >= 0.6 is 0 Å². The lowest BCUT2D eigenvalue weighted by Crippen LogP contribution is -2.37. The summed E-state index contributed by atoms with van der Waals surface area (Å²) in [6.07, 6.45) is 9.09. The fourth-order valence-electron chi connectivity index (χ4n) is 3.09. The van der Waals surface area contributed by atoms with Crippen molar-refractivity contribution in [2.24, 2.45) is 5.92 Å². The van der Waals surface area contributed by atoms with Crippen LogP contribution in [0.1, 0.15) is 59.3 Å². The lowest BCUT2D eigenvalue weighted by molar-refractivity contribution is -0.128. The van der Waals surface area contributed by atoms with Crippen LogP contribution in [0.2, 0.25) is 0 Å². The van der Waals surface area contributed by atoms with Crippen LogP contribution in [0.3, 0.4) is 0 Å². The molecule has 2 aliphatic rings. The smallest absolute Gasteiger partial charge is 0.0628 e. The van der Waals surface area contributed by atoms with Gasteiger partial charge in [-0.1, -0.05) is 6.92 Å². The fourth-order valence-corrected chi connectivity index (χ4v) is 3.09. The molecule has 2 fully saturated rings. The largest absolute Gasteiger partial charge is 0.375 e. The molecule has 94 valence electrons. The van der Waals surface area contributed by atoms with Crippen LogP contribution in [-0.4, -0.2) is 24.4 Å². The molecule has 2 nitrogen and oxygen atoms in total. The summed E-state index contributed by atoms with van der Waals surface area (Å²) >= 11 is 0. The van der Waals surface area contributed by atoms with Crippen molar-refractivity contribution >= 4 is 0 Å². The third kappa shape index (κ3) is 3.46. The predicted molar refractivity (Wildman–Crippen MR) is 65.5 cm³/mol. The highest BCUT2D eigenvalue weighted by Gasteiger charge is 2.28. The van der Waals surface area contributed by atoms with Crippen LogP contribution in [-0.2, 0) is 9.47 Å². The van der Waals surface area contributed by atoms with Gasteiger partial charge in [0.2, 0.25) is 0 Å². The lowest BCUT2D eigenvalue weighted by atomic mass is 9.88. The monoisotopic (exact) mass is 226 g/mol. The molecule has 16 heavy (non-hydrogen) atoms. The van der Waals surface area contributed by atoms with Crippen LogP contribution < -0.4 is 0 Å². The molecule has 2 atom stereocenters. The lowest BCUT2D eigenvalue weighted by Gasteiger charge is -2.36. The summed E-state index contributed by atoms with van der Waals surface area (Å²) in [5.41, 5.74) is 0. The molecule has 1 aliphatic carbocycles. The van der Waals surface area contributed by atoms with Gasteiger partial charge in [0.05, 0.1) is 24.4 Å². The van der Waals surface area contributed by atoms with E-state index in [4.69, 9.17) is 9.47 Å². The molecular formula is C14H26O2. The Morgan fingerprint density at radius 1 is 0.812 bits per heavy atom. The van der Waals surface area contributed by atoms with E-state index in [0.29, 0.717) is 24.4 Å². The summed E-state index contributed by atoms with van der Waals surface area (Å²) in [6.45, 7) is 6.68. The first-order valence-electron chi connectivity index (χ1n) is 6.94. The van der Waals surface area contributed by atoms with Crippen molar-refractivity contribution < 1.29 is 9.47 Å². The molecule has 1 heterocycles. The van der Waals surface area contributed by atoms with E-state index in [1.165, 1.54) is 25.7 Å². The summed E-state index contributed by atoms with van der Waals surface area (Å²) in [7, 11) is 0. The van der Waals surface area contributed by atoms with Crippen molar-refractivity contribution in [3.8, 4) is 0 Å². The minimum absolute atomic E-state index is 0.372. The van der Waals surface area contributed by atoms with Gasteiger partial charge >= 0.3 is 0 Å². The maximum absolute atomic E-state index is 6.24. The predicted octanol–water partition coefficient (Wildman–Crippen LogP) is 3.54. The van der Waals surface area contributed by atoms with Crippen molar-refractivity contribution in [3.05, 3.63) is 0 Å². The highest BCUT2D eigenvalue weighted by Crippen LogP contribution is 2.29. The molecule has 1 saturated carbocycles. The Labute approximate surface area is 99.7 Å². The highest BCUT2D eigenvalue weighted by atomic mass is 16.5. The maximum Gasteiger partial charge on any atom is 0.0628 e. The number of hydrogen-bond acceptors (Lipinski definition) is 2. The van der Waals surface area contributed by atoms with Crippen molar-refractivity contribution in [2.45, 2.75) is 83.7 Å². The molecule has 2 unspecified atom stereocenters. The van der Waals surface area contributed by atoms with Gasteiger partial charge in [0.1, 0.15) is 0 Å². The fraction of sp³-hybridized carbons (Fsp3) is 1.00. The van der Waals surface area contributed by atoms with Gasteiger partial charge in [-0.15, -0.1) is 0 Å². The van der Waals surface area contributed by atoms with Gasteiger partial charge in [0.25, 0.3) is 0 Å². The first-order valence-corrected chi connectivity index (χ1v) is 6.94. The van der Waals surface area contributed by atoms with Crippen molar-refractivity contribution in [2.75, 3.05) is 0 Å². The Balaban J connectivity index is 1.76. The zero-order valence-corrected chi connectivity index (χ0v) is 10.9. The first-order chi connectivity index (χ1) is 7.63. The molecule has 0 spiro atoms. The molecular weight excluding hydrogens is 200 g/mol. The molecule has 0 radical (unpaired) electrons. The molecule has 1 aliphatic heterocycles. The van der Waals surface area contributed by atoms with Gasteiger partial charge < -0.3 is 9.47 Å². The van der Waals surface area contributed by atoms with Crippen molar-refractivity contribution in [1.82, 2.24) is 0 Å². The van der Waals surface area contributed by atoms with Gasteiger partial charge in [-0.3, -0.25) is 0 Å². The number of hydrogen-bond donors (Lipinski definition) is 0. The summed E-state index contributed by atoms with van der Waals surface area (Å²) < 4.78 is 12.0. The van der Waals surface area contributed by atoms with Crippen molar-refractivity contribution in [1.29, 1.82) is 0 Å². The average Bonchev–Trinajstić information content (AvgIpc) is 2.20. The SMILES string of the molecule is CC1CCC(OC2CC(C)OC(C)C2)CC1. The summed E-state index contributed by atoms with van der Waals surface area (Å²) in [4.78, 5) is 0. The second-order valence-corrected chi connectivity index (χ2v) is 5.87. The molecule has 0 aromatic carbocycles. The Kier molecular flexibility index (Phi) is 4.26. The average molecular weight is 226 g/mol. The second-order valence-electron chi connectivity index (χ2n) is 5.87. The van der Waals surface area contributed by atoms with E-state index < -0.39 is 0 Å². The Morgan fingerprint density at radius 2 is 1.38 bits per heavy atom. The standard InChI is InChI=1S/C14H26O2/c1-10-4-6-13(7-5-10)16-14-8-11(2)15-12(3)9-14/h10-14H,4-9H2,1-3H3. The molecule has 1 saturated heterocycles. The number of rotatable bonds is 2. The zero-order chi connectivity index (χ0) is 11.5. The van der Waals surface area contributed by atoms with E-state index in [0.717, 1.165) is 18.8 Å². The van der Waals surface area contributed by atoms with Crippen LogP contribution in [0, 0.1) is 5.92 Å². The molecule has 0 bridgehead atoms. The van der Waals surface area contributed by atoms with Gasteiger partial charge in [0.15, 0.2) is 0 Å². The van der Waals surface area contributed by atoms with Crippen LogP contribution in [0.5, 0.6) is 0 Å². The topological polar surface area (TPSA) is 18.5 Å².